The Kier molecular flexibility index (Phi) is 6.79. The van der Waals surface area contributed by atoms with Crippen molar-refractivity contribution < 1.29 is 19.5 Å². The molecular weight excluding hydrogens is 388 g/mol. The maximum absolute atomic E-state index is 12.9. The quantitative estimate of drug-likeness (QED) is 0.596. The lowest BCUT2D eigenvalue weighted by atomic mass is 9.98. The second-order valence-electron chi connectivity index (χ2n) is 8.48. The zero-order chi connectivity index (χ0) is 21.6. The van der Waals surface area contributed by atoms with Crippen molar-refractivity contribution in [1.82, 2.24) is 10.1 Å². The van der Waals surface area contributed by atoms with Crippen molar-refractivity contribution in [2.45, 2.75) is 26.4 Å². The highest BCUT2D eigenvalue weighted by molar-refractivity contribution is 5.77. The molecule has 1 fully saturated rings. The third-order valence-corrected chi connectivity index (χ3v) is 6.05. The highest BCUT2D eigenvalue weighted by atomic mass is 16.5. The van der Waals surface area contributed by atoms with Crippen LogP contribution < -0.4 is 10.2 Å². The van der Waals surface area contributed by atoms with E-state index in [1.165, 1.54) is 21.6 Å². The number of aryl methyl sites for hydroxylation is 2. The number of piperazine rings is 1. The van der Waals surface area contributed by atoms with E-state index in [0.29, 0.717) is 6.54 Å². The van der Waals surface area contributed by atoms with Gasteiger partial charge in [0.2, 0.25) is 0 Å². The molecule has 0 unspecified atom stereocenters. The number of nitrogens with zero attached hydrogens (tertiary/aromatic N) is 2. The summed E-state index contributed by atoms with van der Waals surface area (Å²) in [6.45, 7) is 8.78. The van der Waals surface area contributed by atoms with E-state index in [2.05, 4.69) is 65.9 Å². The van der Waals surface area contributed by atoms with Crippen molar-refractivity contribution in [2.24, 2.45) is 0 Å². The van der Waals surface area contributed by atoms with Gasteiger partial charge < -0.3 is 19.6 Å². The molecule has 4 rings (SSSR count). The predicted molar refractivity (Wildman–Crippen MR) is 118 cm³/mol. The van der Waals surface area contributed by atoms with Gasteiger partial charge in [0, 0.05) is 17.2 Å². The van der Waals surface area contributed by atoms with E-state index in [4.69, 9.17) is 4.52 Å². The Morgan fingerprint density at radius 3 is 2.39 bits per heavy atom. The largest absolute Gasteiger partial charge is 0.361 e. The maximum Gasteiger partial charge on any atom is 0.278 e. The number of nitrogens with one attached hydrogen (secondary N) is 1. The van der Waals surface area contributed by atoms with Crippen LogP contribution >= 0.6 is 0 Å². The van der Waals surface area contributed by atoms with Gasteiger partial charge in [-0.05, 0) is 13.8 Å². The van der Waals surface area contributed by atoms with Crippen molar-refractivity contribution in [1.29, 1.82) is 0 Å². The van der Waals surface area contributed by atoms with Crippen LogP contribution in [0.2, 0.25) is 0 Å². The first-order valence-corrected chi connectivity index (χ1v) is 11.1. The molecule has 162 valence electrons. The lowest BCUT2D eigenvalue weighted by Crippen LogP contribution is -3.13. The molecule has 1 saturated heterocycles. The molecule has 1 aromatic heterocycles. The van der Waals surface area contributed by atoms with E-state index >= 15 is 0 Å². The molecule has 1 aliphatic rings. The number of carbonyl (C=O) groups is 1. The van der Waals surface area contributed by atoms with Crippen molar-refractivity contribution in [2.75, 3.05) is 32.7 Å². The fourth-order valence-corrected chi connectivity index (χ4v) is 4.25. The molecule has 2 aromatic carbocycles. The van der Waals surface area contributed by atoms with E-state index < -0.39 is 0 Å². The highest BCUT2D eigenvalue weighted by Crippen LogP contribution is 2.18. The Balaban J connectivity index is 1.33. The zero-order valence-corrected chi connectivity index (χ0v) is 18.4. The van der Waals surface area contributed by atoms with Gasteiger partial charge in [0.1, 0.15) is 24.0 Å². The van der Waals surface area contributed by atoms with Crippen LogP contribution in [0.4, 0.5) is 0 Å². The van der Waals surface area contributed by atoms with Crippen LogP contribution in [0.15, 0.2) is 65.2 Å². The standard InChI is InChI=1S/C25H30N4O2/c1-19-8-10-22(11-9-19)25(21-6-4-3-5-7-21)26-17-24(30)29-14-12-28(13-15-29)18-23-16-20(2)31-27-23/h3-11,16,25-26H,12-15,17-18H2,1-2H3/p+2/t25-/m0/s1. The number of quaternary nitrogens is 2. The Morgan fingerprint density at radius 1 is 1.06 bits per heavy atom. The van der Waals surface area contributed by atoms with Gasteiger partial charge in [-0.3, -0.25) is 4.79 Å². The molecule has 31 heavy (non-hydrogen) atoms. The zero-order valence-electron chi connectivity index (χ0n) is 18.4. The molecule has 0 bridgehead atoms. The molecule has 6 heteroatoms. The Bertz CT molecular complexity index is 976. The highest BCUT2D eigenvalue weighted by Gasteiger charge is 2.27. The minimum absolute atomic E-state index is 0.119. The van der Waals surface area contributed by atoms with E-state index in [1.807, 2.05) is 24.0 Å². The lowest BCUT2D eigenvalue weighted by molar-refractivity contribution is -0.918. The third kappa shape index (κ3) is 5.60. The molecule has 0 aliphatic carbocycles. The van der Waals surface area contributed by atoms with Gasteiger partial charge in [-0.15, -0.1) is 0 Å². The van der Waals surface area contributed by atoms with Crippen molar-refractivity contribution in [3.05, 3.63) is 88.8 Å². The molecule has 1 atom stereocenters. The van der Waals surface area contributed by atoms with E-state index in [1.54, 1.807) is 0 Å². The minimum atomic E-state index is 0.119. The number of benzene rings is 2. The summed E-state index contributed by atoms with van der Waals surface area (Å²) in [6, 6.07) is 21.2. The molecule has 0 saturated carbocycles. The smallest absolute Gasteiger partial charge is 0.278 e. The lowest BCUT2D eigenvalue weighted by Gasteiger charge is -2.31. The van der Waals surface area contributed by atoms with Gasteiger partial charge in [-0.2, -0.15) is 0 Å². The Labute approximate surface area is 183 Å². The van der Waals surface area contributed by atoms with Crippen LogP contribution in [-0.2, 0) is 11.3 Å². The second kappa shape index (κ2) is 9.90. The molecule has 6 nitrogen and oxygen atoms in total. The summed E-state index contributed by atoms with van der Waals surface area (Å²) in [6.07, 6.45) is 0. The van der Waals surface area contributed by atoms with Crippen molar-refractivity contribution in [3.8, 4) is 0 Å². The minimum Gasteiger partial charge on any atom is -0.361 e. The summed E-state index contributed by atoms with van der Waals surface area (Å²) in [7, 11) is 0. The number of hydrogen-bond acceptors (Lipinski definition) is 3. The van der Waals surface area contributed by atoms with Gasteiger partial charge in [-0.25, -0.2) is 0 Å². The summed E-state index contributed by atoms with van der Waals surface area (Å²) in [5, 5.41) is 6.26. The number of aromatic nitrogens is 1. The summed E-state index contributed by atoms with van der Waals surface area (Å²) >= 11 is 0. The van der Waals surface area contributed by atoms with E-state index in [-0.39, 0.29) is 11.9 Å². The first-order chi connectivity index (χ1) is 15.1. The van der Waals surface area contributed by atoms with Gasteiger partial charge in [-0.1, -0.05) is 65.3 Å². The average Bonchev–Trinajstić information content (AvgIpc) is 3.20. The van der Waals surface area contributed by atoms with Crippen molar-refractivity contribution in [3.63, 3.8) is 0 Å². The SMILES string of the molecule is Cc1ccc([C@@H]([NH2+]CC(=O)N2CC[NH+](Cc3cc(C)on3)CC2)c2ccccc2)cc1. The number of hydrogen-bond donors (Lipinski definition) is 2. The molecule has 1 amide bonds. The molecular formula is C25H32N4O2+2. The fraction of sp³-hybridized carbons (Fsp3) is 0.360. The second-order valence-corrected chi connectivity index (χ2v) is 8.48. The van der Waals surface area contributed by atoms with Crippen molar-refractivity contribution >= 4 is 5.91 Å². The average molecular weight is 421 g/mol. The van der Waals surface area contributed by atoms with Crippen LogP contribution in [0.5, 0.6) is 0 Å². The summed E-state index contributed by atoms with van der Waals surface area (Å²) in [4.78, 5) is 16.4. The number of nitrogens with two attached hydrogens (primary N) is 1. The predicted octanol–water partition coefficient (Wildman–Crippen LogP) is 0.872. The monoisotopic (exact) mass is 420 g/mol. The first-order valence-electron chi connectivity index (χ1n) is 11.1. The number of rotatable bonds is 7. The van der Waals surface area contributed by atoms with Crippen LogP contribution in [-0.4, -0.2) is 48.7 Å². The molecule has 0 radical (unpaired) electrons. The Morgan fingerprint density at radius 2 is 1.74 bits per heavy atom. The molecule has 3 N–H and O–H groups in total. The normalized spacial score (nSPS) is 15.7. The van der Waals surface area contributed by atoms with Gasteiger partial charge in [0.25, 0.3) is 5.91 Å². The molecule has 1 aliphatic heterocycles. The number of amides is 1. The summed E-state index contributed by atoms with van der Waals surface area (Å²) in [5.41, 5.74) is 4.68. The topological polar surface area (TPSA) is 67.4 Å². The van der Waals surface area contributed by atoms with Crippen LogP contribution in [0, 0.1) is 13.8 Å². The molecule has 0 spiro atoms. The molecule has 2 heterocycles. The van der Waals surface area contributed by atoms with Gasteiger partial charge in [0.15, 0.2) is 6.54 Å². The van der Waals surface area contributed by atoms with E-state index in [0.717, 1.165) is 44.2 Å². The number of carbonyl (C=O) groups excluding carboxylic acids is 1. The van der Waals surface area contributed by atoms with E-state index in [9.17, 15) is 4.79 Å². The van der Waals surface area contributed by atoms with Gasteiger partial charge in [0.05, 0.1) is 26.2 Å². The summed E-state index contributed by atoms with van der Waals surface area (Å²) < 4.78 is 5.17. The maximum atomic E-state index is 12.9. The molecule has 3 aromatic rings. The van der Waals surface area contributed by atoms with Crippen LogP contribution in [0.1, 0.15) is 34.2 Å². The Hall–Kier alpha value is -2.96. The fourth-order valence-electron chi connectivity index (χ4n) is 4.25. The van der Waals surface area contributed by atoms with Gasteiger partial charge >= 0.3 is 0 Å². The van der Waals surface area contributed by atoms with Crippen LogP contribution in [0.3, 0.4) is 0 Å². The third-order valence-electron chi connectivity index (χ3n) is 6.05. The first kappa shape index (κ1) is 21.3. The summed E-state index contributed by atoms with van der Waals surface area (Å²) in [5.74, 6) is 1.06. The van der Waals surface area contributed by atoms with Crippen LogP contribution in [0.25, 0.3) is 0 Å².